The van der Waals surface area contributed by atoms with E-state index < -0.39 is 5.41 Å². The first-order valence-electron chi connectivity index (χ1n) is 18.1. The molecule has 6 aromatic carbocycles. The van der Waals surface area contributed by atoms with Crippen molar-refractivity contribution >= 4 is 40.6 Å². The first-order chi connectivity index (χ1) is 25.8. The molecule has 3 atom stereocenters. The molecule has 6 aromatic rings. The molecule has 11 rings (SSSR count). The minimum Gasteiger partial charge on any atom is -0.381 e. The zero-order valence-electron chi connectivity index (χ0n) is 28.4. The molecule has 4 heterocycles. The van der Waals surface area contributed by atoms with Crippen LogP contribution in [0.25, 0.3) is 16.8 Å². The van der Waals surface area contributed by atoms with Crippen LogP contribution in [-0.2, 0) is 5.41 Å². The van der Waals surface area contributed by atoms with Gasteiger partial charge in [0, 0.05) is 49.1 Å². The van der Waals surface area contributed by atoms with E-state index >= 15 is 0 Å². The van der Waals surface area contributed by atoms with Gasteiger partial charge in [0.1, 0.15) is 0 Å². The van der Waals surface area contributed by atoms with Gasteiger partial charge < -0.3 is 10.2 Å². The number of para-hydroxylation sites is 1. The number of nitrogens with zero attached hydrogens (tertiary/aromatic N) is 1. The smallest absolute Gasteiger partial charge is 0.0745 e. The number of fused-ring (bicyclic) bond motifs is 11. The largest absolute Gasteiger partial charge is 0.381 e. The second kappa shape index (κ2) is 11.8. The predicted octanol–water partition coefficient (Wildman–Crippen LogP) is 11.9. The minimum atomic E-state index is -0.458. The molecular weight excluding hydrogens is 669 g/mol. The topological polar surface area (TPSA) is 15.3 Å². The first kappa shape index (κ1) is 30.2. The van der Waals surface area contributed by atoms with Crippen molar-refractivity contribution in [3.63, 3.8) is 0 Å². The van der Waals surface area contributed by atoms with E-state index in [0.29, 0.717) is 5.92 Å². The maximum absolute atomic E-state index is 3.59. The average molecular weight is 703 g/mol. The number of benzene rings is 6. The molecule has 1 aliphatic carbocycles. The molecule has 1 spiro atoms. The molecule has 0 bridgehead atoms. The van der Waals surface area contributed by atoms with E-state index in [4.69, 9.17) is 0 Å². The van der Waals surface area contributed by atoms with Gasteiger partial charge in [-0.05, 0) is 105 Å². The molecule has 5 aliphatic rings. The SMILES string of the molecule is C1=CCNC(c2ccc3c(c2)Sc2ccccc2C32c3ccccc3Sc3ccc(-c4ccc5c(c4)C4C=CC=CC4N5c4ccccc4)cc32)=C1. The zero-order chi connectivity index (χ0) is 34.2. The zero-order valence-corrected chi connectivity index (χ0v) is 30.0. The number of allylic oxidation sites excluding steroid dienone is 4. The van der Waals surface area contributed by atoms with E-state index in [-0.39, 0.29) is 6.04 Å². The highest BCUT2D eigenvalue weighted by Gasteiger charge is 2.49. The molecular formula is C48H34N2S2. The average Bonchev–Trinajstić information content (AvgIpc) is 3.55. The highest BCUT2D eigenvalue weighted by atomic mass is 32.2. The molecule has 0 saturated heterocycles. The maximum atomic E-state index is 3.59. The predicted molar refractivity (Wildman–Crippen MR) is 217 cm³/mol. The second-order valence-electron chi connectivity index (χ2n) is 14.0. The third-order valence-corrected chi connectivity index (χ3v) is 13.6. The lowest BCUT2D eigenvalue weighted by Gasteiger charge is -2.45. The van der Waals surface area contributed by atoms with Crippen LogP contribution in [-0.4, -0.2) is 12.6 Å². The Morgan fingerprint density at radius 3 is 2.04 bits per heavy atom. The number of rotatable bonds is 3. The fourth-order valence-electron chi connectivity index (χ4n) is 9.08. The van der Waals surface area contributed by atoms with Crippen LogP contribution < -0.4 is 10.2 Å². The quantitative estimate of drug-likeness (QED) is 0.197. The summed E-state index contributed by atoms with van der Waals surface area (Å²) in [5, 5.41) is 3.59. The van der Waals surface area contributed by atoms with Gasteiger partial charge in [0.2, 0.25) is 0 Å². The Kier molecular flexibility index (Phi) is 6.87. The number of anilines is 2. The van der Waals surface area contributed by atoms with Gasteiger partial charge >= 0.3 is 0 Å². The summed E-state index contributed by atoms with van der Waals surface area (Å²) in [6.07, 6.45) is 15.6. The van der Waals surface area contributed by atoms with Crippen LogP contribution in [0.1, 0.15) is 39.3 Å². The van der Waals surface area contributed by atoms with Gasteiger partial charge in [0.25, 0.3) is 0 Å². The summed E-state index contributed by atoms with van der Waals surface area (Å²) in [4.78, 5) is 7.78. The number of dihydropyridines is 1. The molecule has 0 fully saturated rings. The summed E-state index contributed by atoms with van der Waals surface area (Å²) in [6.45, 7) is 0.852. The molecule has 0 saturated carbocycles. The van der Waals surface area contributed by atoms with Crippen molar-refractivity contribution in [3.05, 3.63) is 209 Å². The van der Waals surface area contributed by atoms with Gasteiger partial charge in [-0.3, -0.25) is 0 Å². The summed E-state index contributed by atoms with van der Waals surface area (Å²) in [5.74, 6) is 0.305. The third kappa shape index (κ3) is 4.41. The second-order valence-corrected chi connectivity index (χ2v) is 16.2. The van der Waals surface area contributed by atoms with Gasteiger partial charge in [-0.25, -0.2) is 0 Å². The first-order valence-corrected chi connectivity index (χ1v) is 19.7. The lowest BCUT2D eigenvalue weighted by molar-refractivity contribution is 0.667. The van der Waals surface area contributed by atoms with Gasteiger partial charge in [-0.1, -0.05) is 139 Å². The summed E-state index contributed by atoms with van der Waals surface area (Å²) in [5.41, 5.74) is 13.8. The lowest BCUT2D eigenvalue weighted by Crippen LogP contribution is -2.36. The molecule has 248 valence electrons. The molecule has 1 N–H and O–H groups in total. The van der Waals surface area contributed by atoms with E-state index in [1.165, 1.54) is 81.2 Å². The molecule has 4 heteroatoms. The molecule has 52 heavy (non-hydrogen) atoms. The lowest BCUT2D eigenvalue weighted by atomic mass is 9.64. The highest BCUT2D eigenvalue weighted by Crippen LogP contribution is 2.62. The van der Waals surface area contributed by atoms with Crippen LogP contribution in [0.15, 0.2) is 196 Å². The molecule has 3 unspecified atom stereocenters. The molecule has 0 radical (unpaired) electrons. The fraction of sp³-hybridized carbons (Fsp3) is 0.0833. The van der Waals surface area contributed by atoms with Gasteiger partial charge in [-0.15, -0.1) is 0 Å². The minimum absolute atomic E-state index is 0.269. The van der Waals surface area contributed by atoms with Crippen molar-refractivity contribution < 1.29 is 0 Å². The molecule has 4 aliphatic heterocycles. The van der Waals surface area contributed by atoms with Gasteiger partial charge in [0.05, 0.1) is 11.5 Å². The third-order valence-electron chi connectivity index (χ3n) is 11.3. The van der Waals surface area contributed by atoms with E-state index in [0.717, 1.165) is 6.54 Å². The Bertz CT molecular complexity index is 2550. The van der Waals surface area contributed by atoms with Crippen molar-refractivity contribution in [1.82, 2.24) is 5.32 Å². The van der Waals surface area contributed by atoms with Crippen molar-refractivity contribution in [2.24, 2.45) is 0 Å². The maximum Gasteiger partial charge on any atom is 0.0745 e. The van der Waals surface area contributed by atoms with E-state index in [9.17, 15) is 0 Å². The summed E-state index contributed by atoms with van der Waals surface area (Å²) in [6, 6.07) is 50.8. The Balaban J connectivity index is 1.12. The van der Waals surface area contributed by atoms with Crippen molar-refractivity contribution in [1.29, 1.82) is 0 Å². The van der Waals surface area contributed by atoms with Crippen molar-refractivity contribution in [2.75, 3.05) is 11.4 Å². The fourth-order valence-corrected chi connectivity index (χ4v) is 11.5. The Hall–Kier alpha value is -5.42. The van der Waals surface area contributed by atoms with Gasteiger partial charge in [0.15, 0.2) is 0 Å². The van der Waals surface area contributed by atoms with E-state index in [1.54, 1.807) is 0 Å². The van der Waals surface area contributed by atoms with Crippen LogP contribution >= 0.6 is 23.5 Å². The van der Waals surface area contributed by atoms with Crippen LogP contribution in [0.4, 0.5) is 11.4 Å². The Morgan fingerprint density at radius 1 is 0.558 bits per heavy atom. The van der Waals surface area contributed by atoms with Crippen molar-refractivity contribution in [3.8, 4) is 11.1 Å². The van der Waals surface area contributed by atoms with E-state index in [2.05, 4.69) is 186 Å². The monoisotopic (exact) mass is 702 g/mol. The summed E-state index contributed by atoms with van der Waals surface area (Å²) >= 11 is 3.81. The Morgan fingerprint density at radius 2 is 1.23 bits per heavy atom. The normalized spacial score (nSPS) is 21.3. The summed E-state index contributed by atoms with van der Waals surface area (Å²) < 4.78 is 0. The van der Waals surface area contributed by atoms with Gasteiger partial charge in [-0.2, -0.15) is 0 Å². The molecule has 0 amide bonds. The number of nitrogens with one attached hydrogen (secondary N) is 1. The van der Waals surface area contributed by atoms with Crippen LogP contribution in [0.3, 0.4) is 0 Å². The number of hydrogen-bond acceptors (Lipinski definition) is 4. The van der Waals surface area contributed by atoms with Crippen LogP contribution in [0.2, 0.25) is 0 Å². The van der Waals surface area contributed by atoms with Crippen LogP contribution in [0, 0.1) is 0 Å². The molecule has 2 nitrogen and oxygen atoms in total. The van der Waals surface area contributed by atoms with Crippen LogP contribution in [0.5, 0.6) is 0 Å². The van der Waals surface area contributed by atoms with Crippen molar-refractivity contribution in [2.45, 2.75) is 37.0 Å². The Labute approximate surface area is 313 Å². The highest BCUT2D eigenvalue weighted by molar-refractivity contribution is 8.00. The molecule has 0 aromatic heterocycles. The number of hydrogen-bond donors (Lipinski definition) is 1. The summed E-state index contributed by atoms with van der Waals surface area (Å²) in [7, 11) is 0. The van der Waals surface area contributed by atoms with E-state index in [1.807, 2.05) is 23.5 Å². The standard InChI is InChI=1S/C48H34N2S2/c1-2-12-34(13-3-1)50-42-18-7-4-14-35(42)36-28-31(22-25-43(36)50)32-23-26-46-40(29-32)48(37-15-5-8-19-44(37)51-46)38-16-6-9-20-45(38)52-47-30-33(21-24-39(47)48)41-17-10-11-27-49-41/h1-26,28-30,35,42,49H,27H2.